The number of fused-ring (bicyclic) bond motifs is 3. The van der Waals surface area contributed by atoms with Crippen LogP contribution in [0.4, 0.5) is 9.59 Å². The van der Waals surface area contributed by atoms with E-state index in [0.717, 1.165) is 70.5 Å². The molecular weight excluding hydrogens is 709 g/mol. The number of rotatable bonds is 6. The average molecular weight is 751 g/mol. The van der Waals surface area contributed by atoms with Crippen LogP contribution in [0.1, 0.15) is 75.6 Å². The van der Waals surface area contributed by atoms with E-state index >= 15 is 0 Å². The summed E-state index contributed by atoms with van der Waals surface area (Å²) < 4.78 is 17.6. The van der Waals surface area contributed by atoms with Crippen molar-refractivity contribution >= 4 is 45.2 Å². The van der Waals surface area contributed by atoms with Crippen LogP contribution in [-0.2, 0) is 16.1 Å². The molecule has 4 aromatic carbocycles. The van der Waals surface area contributed by atoms with Gasteiger partial charge in [-0.15, -0.1) is 0 Å². The van der Waals surface area contributed by atoms with E-state index < -0.39 is 5.60 Å². The topological polar surface area (TPSA) is 147 Å². The number of hydrogen-bond acceptors (Lipinski definition) is 8. The van der Waals surface area contributed by atoms with Crippen LogP contribution in [0.25, 0.3) is 55.5 Å². The van der Waals surface area contributed by atoms with Crippen molar-refractivity contribution in [2.45, 2.75) is 70.7 Å². The van der Waals surface area contributed by atoms with Gasteiger partial charge in [-0.25, -0.2) is 19.6 Å². The third kappa shape index (κ3) is 6.76. The largest absolute Gasteiger partial charge is 0.456 e. The highest BCUT2D eigenvalue weighted by atomic mass is 16.6. The number of ether oxygens (including phenoxy) is 2. The van der Waals surface area contributed by atoms with Gasteiger partial charge < -0.3 is 23.9 Å². The van der Waals surface area contributed by atoms with E-state index in [2.05, 4.69) is 15.0 Å². The second-order valence-electron chi connectivity index (χ2n) is 15.6. The molecule has 2 atom stereocenters. The number of imidazole rings is 2. The van der Waals surface area contributed by atoms with Gasteiger partial charge in [0.25, 0.3) is 0 Å². The summed E-state index contributed by atoms with van der Waals surface area (Å²) >= 11 is 0. The minimum absolute atomic E-state index is 0.134. The highest BCUT2D eigenvalue weighted by Crippen LogP contribution is 2.36. The van der Waals surface area contributed by atoms with Crippen molar-refractivity contribution in [3.63, 3.8) is 0 Å². The highest BCUT2D eigenvalue weighted by molar-refractivity contribution is 5.94. The fourth-order valence-corrected chi connectivity index (χ4v) is 7.90. The van der Waals surface area contributed by atoms with Crippen LogP contribution in [0.5, 0.6) is 0 Å². The first kappa shape index (κ1) is 35.3. The minimum atomic E-state index is -0.581. The van der Waals surface area contributed by atoms with Gasteiger partial charge in [0.15, 0.2) is 0 Å². The summed E-state index contributed by atoms with van der Waals surface area (Å²) in [5, 5.41) is 0.927. The second-order valence-corrected chi connectivity index (χ2v) is 15.6. The molecule has 0 unspecified atom stereocenters. The Morgan fingerprint density at radius 2 is 1.54 bits per heavy atom. The van der Waals surface area contributed by atoms with Gasteiger partial charge in [-0.3, -0.25) is 14.6 Å². The van der Waals surface area contributed by atoms with E-state index in [4.69, 9.17) is 18.9 Å². The molecule has 0 radical (unpaired) electrons. The van der Waals surface area contributed by atoms with Gasteiger partial charge in [-0.05, 0) is 106 Å². The van der Waals surface area contributed by atoms with Gasteiger partial charge in [-0.1, -0.05) is 42.5 Å². The van der Waals surface area contributed by atoms with Crippen molar-refractivity contribution in [2.24, 2.45) is 0 Å². The predicted molar refractivity (Wildman–Crippen MR) is 213 cm³/mol. The van der Waals surface area contributed by atoms with Crippen molar-refractivity contribution in [1.82, 2.24) is 29.7 Å². The number of nitrogens with one attached hydrogen (secondary N) is 2. The number of benzene rings is 4. The lowest BCUT2D eigenvalue weighted by atomic mass is 10.0. The van der Waals surface area contributed by atoms with Gasteiger partial charge in [0.1, 0.15) is 35.0 Å². The highest BCUT2D eigenvalue weighted by Gasteiger charge is 2.35. The normalized spacial score (nSPS) is 17.3. The molecule has 2 N–H and O–H groups in total. The van der Waals surface area contributed by atoms with E-state index in [-0.39, 0.29) is 36.3 Å². The average Bonchev–Trinajstić information content (AvgIpc) is 4.02. The fourth-order valence-electron chi connectivity index (χ4n) is 7.90. The zero-order valence-corrected chi connectivity index (χ0v) is 31.5. The lowest BCUT2D eigenvalue weighted by Crippen LogP contribution is -2.36. The van der Waals surface area contributed by atoms with E-state index in [0.29, 0.717) is 40.9 Å². The first-order chi connectivity index (χ1) is 27.1. The van der Waals surface area contributed by atoms with Gasteiger partial charge in [0.05, 0.1) is 45.8 Å². The molecule has 56 heavy (non-hydrogen) atoms. The number of aromatic amines is 2. The summed E-state index contributed by atoms with van der Waals surface area (Å²) in [6, 6.07) is 26.4. The van der Waals surface area contributed by atoms with Crippen LogP contribution in [0.15, 0.2) is 100 Å². The fraction of sp³-hybridized carbons (Fsp3) is 0.295. The molecule has 2 fully saturated rings. The van der Waals surface area contributed by atoms with Crippen molar-refractivity contribution in [1.29, 1.82) is 0 Å². The molecule has 2 aliphatic heterocycles. The van der Waals surface area contributed by atoms with E-state index in [1.807, 2.05) is 87.5 Å². The third-order valence-electron chi connectivity index (χ3n) is 10.6. The molecule has 2 saturated heterocycles. The maximum absolute atomic E-state index is 13.9. The van der Waals surface area contributed by atoms with Gasteiger partial charge in [0.2, 0.25) is 5.43 Å². The Morgan fingerprint density at radius 3 is 2.34 bits per heavy atom. The first-order valence-corrected chi connectivity index (χ1v) is 19.1. The second kappa shape index (κ2) is 14.0. The number of nitrogens with zero attached hydrogens (tertiary/aromatic N) is 4. The van der Waals surface area contributed by atoms with Crippen LogP contribution in [-0.4, -0.2) is 60.6 Å². The molecule has 0 spiro atoms. The molecule has 12 nitrogen and oxygen atoms in total. The van der Waals surface area contributed by atoms with E-state index in [1.54, 1.807) is 34.2 Å². The Labute approximate surface area is 322 Å². The first-order valence-electron chi connectivity index (χ1n) is 19.1. The van der Waals surface area contributed by atoms with Crippen LogP contribution >= 0.6 is 0 Å². The van der Waals surface area contributed by atoms with Crippen molar-refractivity contribution < 1.29 is 23.5 Å². The number of amides is 2. The summed E-state index contributed by atoms with van der Waals surface area (Å²) in [7, 11) is 0. The number of H-pyrrole nitrogens is 2. The van der Waals surface area contributed by atoms with E-state index in [9.17, 15) is 14.4 Å². The van der Waals surface area contributed by atoms with Gasteiger partial charge in [0, 0.05) is 18.7 Å². The molecule has 2 amide bonds. The molecular formula is C44H42N6O6. The molecule has 7 aromatic rings. The number of aromatic nitrogens is 4. The monoisotopic (exact) mass is 750 g/mol. The predicted octanol–water partition coefficient (Wildman–Crippen LogP) is 9.43. The van der Waals surface area contributed by atoms with Crippen LogP contribution in [0.2, 0.25) is 0 Å². The van der Waals surface area contributed by atoms with Gasteiger partial charge in [-0.2, -0.15) is 0 Å². The molecule has 9 rings (SSSR count). The molecule has 0 saturated carbocycles. The maximum atomic E-state index is 13.9. The standard InChI is InChI=1S/C44H42N6O6/c1-44(2,3)56-43(53)49-19-7-11-35(49)34-24-45-40(48-34)29-15-18-37-31(21-29)39(51)30-16-13-28(23-38(30)55-37)27-14-17-32-33(22-27)47-41(46-32)36-12-8-20-50(36)42(52)54-25-26-9-5-4-6-10-26/h4-6,9-10,13-18,21-24,35-36H,7-8,11-12,19-20,25H2,1-3H3,(H,45,48)(H,46,47)/t35-,36-/m0/s1. The summed E-state index contributed by atoms with van der Waals surface area (Å²) in [5.74, 6) is 1.34. The van der Waals surface area contributed by atoms with Crippen molar-refractivity contribution in [3.8, 4) is 22.5 Å². The molecule has 284 valence electrons. The summed E-state index contributed by atoms with van der Waals surface area (Å²) in [5.41, 5.74) is 6.21. The number of hydrogen-bond donors (Lipinski definition) is 2. The van der Waals surface area contributed by atoms with Crippen LogP contribution < -0.4 is 5.43 Å². The van der Waals surface area contributed by atoms with Crippen LogP contribution in [0, 0.1) is 0 Å². The smallest absolute Gasteiger partial charge is 0.410 e. The minimum Gasteiger partial charge on any atom is -0.456 e. The summed E-state index contributed by atoms with van der Waals surface area (Å²) in [4.78, 5) is 59.7. The zero-order valence-electron chi connectivity index (χ0n) is 31.5. The molecule has 5 heterocycles. The SMILES string of the molecule is CC(C)(C)OC(=O)N1CCC[C@H]1c1cnc(-c2ccc3oc4cc(-c5ccc6nc([C@@H]7CCCN7C(=O)OCc7ccccc7)[nH]c6c5)ccc4c(=O)c3c2)[nH]1. The third-order valence-corrected chi connectivity index (χ3v) is 10.6. The maximum Gasteiger partial charge on any atom is 0.410 e. The van der Waals surface area contributed by atoms with Crippen LogP contribution in [0.3, 0.4) is 0 Å². The number of likely N-dealkylation sites (tertiary alicyclic amines) is 2. The zero-order chi connectivity index (χ0) is 38.6. The molecule has 3 aromatic heterocycles. The lowest BCUT2D eigenvalue weighted by molar-refractivity contribution is 0.0221. The Kier molecular flexibility index (Phi) is 8.83. The van der Waals surface area contributed by atoms with Crippen molar-refractivity contribution in [2.75, 3.05) is 13.1 Å². The number of carbonyl (C=O) groups is 2. The Hall–Kier alpha value is -6.43. The van der Waals surface area contributed by atoms with Crippen molar-refractivity contribution in [3.05, 3.63) is 118 Å². The molecule has 12 heteroatoms. The Bertz CT molecular complexity index is 2670. The van der Waals surface area contributed by atoms with Gasteiger partial charge >= 0.3 is 12.2 Å². The number of carbonyl (C=O) groups excluding carboxylic acids is 2. The Morgan fingerprint density at radius 1 is 0.804 bits per heavy atom. The molecule has 0 bridgehead atoms. The summed E-state index contributed by atoms with van der Waals surface area (Å²) in [6.07, 6.45) is 4.42. The van der Waals surface area contributed by atoms with E-state index in [1.165, 1.54) is 0 Å². The lowest BCUT2D eigenvalue weighted by Gasteiger charge is -2.28. The summed E-state index contributed by atoms with van der Waals surface area (Å²) in [6.45, 7) is 7.04. The Balaban J connectivity index is 0.944. The molecule has 0 aliphatic carbocycles. The quantitative estimate of drug-likeness (QED) is 0.160. The molecule has 2 aliphatic rings.